The summed E-state index contributed by atoms with van der Waals surface area (Å²) in [5, 5.41) is 5.53. The highest BCUT2D eigenvalue weighted by molar-refractivity contribution is 6.31. The quantitative estimate of drug-likeness (QED) is 0.922. The molecule has 0 radical (unpaired) electrons. The van der Waals surface area contributed by atoms with Gasteiger partial charge < -0.3 is 5.32 Å². The predicted molar refractivity (Wildman–Crippen MR) is 60.3 cm³/mol. The minimum absolute atomic E-state index is 0.0595. The molecule has 1 aromatic heterocycles. The van der Waals surface area contributed by atoms with Crippen molar-refractivity contribution in [1.82, 2.24) is 15.1 Å². The highest BCUT2D eigenvalue weighted by atomic mass is 35.5. The molecule has 0 aliphatic heterocycles. The Morgan fingerprint density at radius 2 is 2.11 bits per heavy atom. The fraction of sp³-hybridized carbons (Fsp3) is 0.600. The van der Waals surface area contributed by atoms with Crippen molar-refractivity contribution in [1.29, 1.82) is 0 Å². The van der Waals surface area contributed by atoms with E-state index in [9.17, 15) is 18.0 Å². The van der Waals surface area contributed by atoms with Crippen molar-refractivity contribution in [2.24, 2.45) is 0 Å². The SMILES string of the molecule is CCNC(=O)CCn1nc(C(F)(F)F)c(Cl)c1C. The molecule has 0 spiro atoms. The van der Waals surface area contributed by atoms with Gasteiger partial charge in [0.1, 0.15) is 0 Å². The van der Waals surface area contributed by atoms with Gasteiger partial charge in [-0.05, 0) is 13.8 Å². The minimum atomic E-state index is -4.58. The van der Waals surface area contributed by atoms with E-state index in [0.717, 1.165) is 4.68 Å². The Hall–Kier alpha value is -1.24. The maximum Gasteiger partial charge on any atom is 0.436 e. The molecule has 4 nitrogen and oxygen atoms in total. The summed E-state index contributed by atoms with van der Waals surface area (Å²) in [5.74, 6) is -0.239. The summed E-state index contributed by atoms with van der Waals surface area (Å²) in [6.07, 6.45) is -4.53. The lowest BCUT2D eigenvalue weighted by atomic mass is 10.3. The largest absolute Gasteiger partial charge is 0.436 e. The van der Waals surface area contributed by atoms with Crippen molar-refractivity contribution >= 4 is 17.5 Å². The number of carbonyl (C=O) groups excluding carboxylic acids is 1. The Morgan fingerprint density at radius 1 is 1.50 bits per heavy atom. The van der Waals surface area contributed by atoms with E-state index in [2.05, 4.69) is 10.4 Å². The Kier molecular flexibility index (Phi) is 4.61. The highest BCUT2D eigenvalue weighted by Crippen LogP contribution is 2.35. The van der Waals surface area contributed by atoms with Crippen LogP contribution < -0.4 is 5.32 Å². The monoisotopic (exact) mass is 283 g/mol. The van der Waals surface area contributed by atoms with E-state index < -0.39 is 16.9 Å². The van der Waals surface area contributed by atoms with Crippen LogP contribution in [0.2, 0.25) is 5.02 Å². The van der Waals surface area contributed by atoms with E-state index in [1.165, 1.54) is 6.92 Å². The number of hydrogen-bond donors (Lipinski definition) is 1. The standard InChI is InChI=1S/C10H13ClF3N3O/c1-3-15-7(18)4-5-17-6(2)8(11)9(16-17)10(12,13)14/h3-5H2,1-2H3,(H,15,18). The average Bonchev–Trinajstić information content (AvgIpc) is 2.53. The number of alkyl halides is 3. The van der Waals surface area contributed by atoms with Gasteiger partial charge in [-0.15, -0.1) is 0 Å². The highest BCUT2D eigenvalue weighted by Gasteiger charge is 2.38. The lowest BCUT2D eigenvalue weighted by Crippen LogP contribution is -2.24. The van der Waals surface area contributed by atoms with Gasteiger partial charge in [0.25, 0.3) is 0 Å². The molecule has 8 heteroatoms. The van der Waals surface area contributed by atoms with Crippen LogP contribution >= 0.6 is 11.6 Å². The number of halogens is 4. The zero-order valence-electron chi connectivity index (χ0n) is 9.94. The molecule has 1 rings (SSSR count). The second kappa shape index (κ2) is 5.60. The Morgan fingerprint density at radius 3 is 2.56 bits per heavy atom. The number of rotatable bonds is 4. The van der Waals surface area contributed by atoms with Gasteiger partial charge in [0.05, 0.1) is 17.3 Å². The first kappa shape index (κ1) is 14.8. The lowest BCUT2D eigenvalue weighted by Gasteiger charge is -2.04. The van der Waals surface area contributed by atoms with Crippen LogP contribution in [-0.2, 0) is 17.5 Å². The number of nitrogens with zero attached hydrogens (tertiary/aromatic N) is 2. The summed E-state index contributed by atoms with van der Waals surface area (Å²) in [6, 6.07) is 0. The Balaban J connectivity index is 2.82. The van der Waals surface area contributed by atoms with Crippen molar-refractivity contribution in [3.8, 4) is 0 Å². The molecule has 0 fully saturated rings. The van der Waals surface area contributed by atoms with Gasteiger partial charge in [0, 0.05) is 13.0 Å². The zero-order chi connectivity index (χ0) is 13.9. The average molecular weight is 284 g/mol. The normalized spacial score (nSPS) is 11.7. The van der Waals surface area contributed by atoms with Gasteiger partial charge in [-0.3, -0.25) is 9.48 Å². The molecule has 0 atom stereocenters. The van der Waals surface area contributed by atoms with Crippen LogP contribution in [0.15, 0.2) is 0 Å². The Bertz CT molecular complexity index is 442. The summed E-state index contributed by atoms with van der Waals surface area (Å²) < 4.78 is 38.7. The van der Waals surface area contributed by atoms with Crippen LogP contribution in [0.25, 0.3) is 0 Å². The third-order valence-electron chi connectivity index (χ3n) is 2.33. The first-order valence-corrected chi connectivity index (χ1v) is 5.72. The molecule has 0 saturated carbocycles. The van der Waals surface area contributed by atoms with Gasteiger partial charge in [-0.1, -0.05) is 11.6 Å². The van der Waals surface area contributed by atoms with Crippen molar-refractivity contribution in [3.63, 3.8) is 0 Å². The first-order chi connectivity index (χ1) is 8.27. The minimum Gasteiger partial charge on any atom is -0.356 e. The number of aryl methyl sites for hydroxylation is 1. The zero-order valence-corrected chi connectivity index (χ0v) is 10.7. The van der Waals surface area contributed by atoms with E-state index in [0.29, 0.717) is 6.54 Å². The molecule has 102 valence electrons. The molecule has 0 aliphatic carbocycles. The Labute approximate surface area is 107 Å². The molecule has 0 aromatic carbocycles. The molecule has 1 heterocycles. The maximum atomic E-state index is 12.5. The molecule has 0 aliphatic rings. The van der Waals surface area contributed by atoms with E-state index in [4.69, 9.17) is 11.6 Å². The van der Waals surface area contributed by atoms with Gasteiger partial charge in [-0.2, -0.15) is 18.3 Å². The fourth-order valence-electron chi connectivity index (χ4n) is 1.42. The third kappa shape index (κ3) is 3.38. The van der Waals surface area contributed by atoms with Crippen LogP contribution in [0, 0.1) is 6.92 Å². The van der Waals surface area contributed by atoms with Crippen LogP contribution in [-0.4, -0.2) is 22.2 Å². The van der Waals surface area contributed by atoms with Gasteiger partial charge in [-0.25, -0.2) is 0 Å². The van der Waals surface area contributed by atoms with Crippen LogP contribution in [0.5, 0.6) is 0 Å². The van der Waals surface area contributed by atoms with Crippen molar-refractivity contribution in [3.05, 3.63) is 16.4 Å². The summed E-state index contributed by atoms with van der Waals surface area (Å²) >= 11 is 5.57. The van der Waals surface area contributed by atoms with E-state index in [-0.39, 0.29) is 24.6 Å². The summed E-state index contributed by atoms with van der Waals surface area (Å²) in [7, 11) is 0. The van der Waals surface area contributed by atoms with Crippen molar-refractivity contribution < 1.29 is 18.0 Å². The predicted octanol–water partition coefficient (Wildman–Crippen LogP) is 2.39. The first-order valence-electron chi connectivity index (χ1n) is 5.34. The molecular formula is C10H13ClF3N3O. The number of aromatic nitrogens is 2. The van der Waals surface area contributed by atoms with E-state index in [1.807, 2.05) is 0 Å². The van der Waals surface area contributed by atoms with Crippen molar-refractivity contribution in [2.45, 2.75) is 33.0 Å². The van der Waals surface area contributed by atoms with Crippen molar-refractivity contribution in [2.75, 3.05) is 6.54 Å². The molecule has 0 saturated heterocycles. The van der Waals surface area contributed by atoms with E-state index in [1.54, 1.807) is 6.92 Å². The third-order valence-corrected chi connectivity index (χ3v) is 2.78. The molecule has 18 heavy (non-hydrogen) atoms. The molecule has 0 unspecified atom stereocenters. The molecule has 0 bridgehead atoms. The summed E-state index contributed by atoms with van der Waals surface area (Å²) in [5.41, 5.74) is -0.911. The molecular weight excluding hydrogens is 271 g/mol. The van der Waals surface area contributed by atoms with E-state index >= 15 is 0 Å². The summed E-state index contributed by atoms with van der Waals surface area (Å²) in [4.78, 5) is 11.2. The molecule has 1 amide bonds. The van der Waals surface area contributed by atoms with Gasteiger partial charge in [0.15, 0.2) is 5.69 Å². The molecule has 1 N–H and O–H groups in total. The number of nitrogens with one attached hydrogen (secondary N) is 1. The second-order valence-electron chi connectivity index (χ2n) is 3.67. The van der Waals surface area contributed by atoms with Crippen LogP contribution in [0.3, 0.4) is 0 Å². The van der Waals surface area contributed by atoms with Crippen LogP contribution in [0.4, 0.5) is 13.2 Å². The number of hydrogen-bond acceptors (Lipinski definition) is 2. The van der Waals surface area contributed by atoms with Gasteiger partial charge in [0.2, 0.25) is 5.91 Å². The number of amides is 1. The second-order valence-corrected chi connectivity index (χ2v) is 4.05. The van der Waals surface area contributed by atoms with Gasteiger partial charge >= 0.3 is 6.18 Å². The smallest absolute Gasteiger partial charge is 0.356 e. The number of carbonyl (C=O) groups is 1. The maximum absolute atomic E-state index is 12.5. The summed E-state index contributed by atoms with van der Waals surface area (Å²) in [6.45, 7) is 3.73. The van der Waals surface area contributed by atoms with Crippen LogP contribution in [0.1, 0.15) is 24.7 Å². The molecule has 1 aromatic rings. The fourth-order valence-corrected chi connectivity index (χ4v) is 1.66. The topological polar surface area (TPSA) is 46.9 Å². The lowest BCUT2D eigenvalue weighted by molar-refractivity contribution is -0.141.